The first-order chi connectivity index (χ1) is 9.17. The normalized spacial score (nSPS) is 23.8. The summed E-state index contributed by atoms with van der Waals surface area (Å²) in [6.45, 7) is 5.68. The van der Waals surface area contributed by atoms with E-state index in [-0.39, 0.29) is 5.41 Å². The highest BCUT2D eigenvalue weighted by atomic mass is 16.5. The van der Waals surface area contributed by atoms with Crippen molar-refractivity contribution < 1.29 is 4.74 Å². The number of hydrogen-bond donors (Lipinski definition) is 2. The third-order valence-corrected chi connectivity index (χ3v) is 3.84. The van der Waals surface area contributed by atoms with Crippen LogP contribution in [0.2, 0.25) is 0 Å². The summed E-state index contributed by atoms with van der Waals surface area (Å²) in [5.41, 5.74) is 6.06. The van der Waals surface area contributed by atoms with Gasteiger partial charge in [-0.3, -0.25) is 5.10 Å². The third-order valence-electron chi connectivity index (χ3n) is 3.84. The predicted octanol–water partition coefficient (Wildman–Crippen LogP) is 0.949. The molecule has 6 nitrogen and oxygen atoms in total. The Morgan fingerprint density at radius 3 is 3.11 bits per heavy atom. The molecule has 2 heterocycles. The lowest BCUT2D eigenvalue weighted by Gasteiger charge is -2.39. The number of aromatic amines is 1. The number of nitrogens with zero attached hydrogens (tertiary/aromatic N) is 3. The molecule has 1 aromatic heterocycles. The van der Waals surface area contributed by atoms with Gasteiger partial charge in [-0.25, -0.2) is 0 Å². The molecule has 0 saturated carbocycles. The molecule has 0 spiro atoms. The zero-order chi connectivity index (χ0) is 13.7. The van der Waals surface area contributed by atoms with Crippen LogP contribution in [0.15, 0.2) is 0 Å². The van der Waals surface area contributed by atoms with E-state index in [9.17, 15) is 0 Å². The van der Waals surface area contributed by atoms with Crippen LogP contribution in [-0.4, -0.2) is 48.5 Å². The maximum absolute atomic E-state index is 5.87. The minimum absolute atomic E-state index is 0.190. The molecule has 0 aromatic carbocycles. The number of aryl methyl sites for hydroxylation is 1. The van der Waals surface area contributed by atoms with Crippen molar-refractivity contribution in [3.05, 3.63) is 5.82 Å². The molecule has 1 unspecified atom stereocenters. The Hall–Kier alpha value is -1.14. The molecular weight excluding hydrogens is 242 g/mol. The summed E-state index contributed by atoms with van der Waals surface area (Å²) >= 11 is 0. The molecular formula is C13H25N5O. The van der Waals surface area contributed by atoms with E-state index >= 15 is 0 Å². The predicted molar refractivity (Wildman–Crippen MR) is 75.2 cm³/mol. The Morgan fingerprint density at radius 1 is 1.53 bits per heavy atom. The number of anilines is 1. The Bertz CT molecular complexity index is 394. The molecule has 19 heavy (non-hydrogen) atoms. The molecule has 0 amide bonds. The maximum Gasteiger partial charge on any atom is 0.244 e. The lowest BCUT2D eigenvalue weighted by atomic mass is 9.82. The minimum atomic E-state index is 0.190. The first-order valence-electron chi connectivity index (χ1n) is 7.02. The van der Waals surface area contributed by atoms with Crippen LogP contribution in [0.1, 0.15) is 32.0 Å². The van der Waals surface area contributed by atoms with Crippen LogP contribution in [0.25, 0.3) is 0 Å². The fourth-order valence-corrected chi connectivity index (χ4v) is 2.58. The molecule has 1 saturated heterocycles. The Kier molecular flexibility index (Phi) is 4.76. The summed E-state index contributed by atoms with van der Waals surface area (Å²) in [4.78, 5) is 6.81. The standard InChI is InChI=1S/C13H25N5O/c1-13(9-14)6-4-7-18(10-13)12-15-11(16-17-12)5-3-8-19-2/h3-10,14H2,1-2H3,(H,15,16,17). The van der Waals surface area contributed by atoms with E-state index in [2.05, 4.69) is 27.0 Å². The van der Waals surface area contributed by atoms with Crippen molar-refractivity contribution in [2.45, 2.75) is 32.6 Å². The molecule has 2 rings (SSSR count). The van der Waals surface area contributed by atoms with Gasteiger partial charge in [-0.1, -0.05) is 6.92 Å². The molecule has 0 bridgehead atoms. The smallest absolute Gasteiger partial charge is 0.244 e. The largest absolute Gasteiger partial charge is 0.385 e. The fourth-order valence-electron chi connectivity index (χ4n) is 2.58. The highest BCUT2D eigenvalue weighted by Crippen LogP contribution is 2.29. The number of piperidine rings is 1. The number of hydrogen-bond acceptors (Lipinski definition) is 5. The number of aromatic nitrogens is 3. The number of nitrogens with one attached hydrogen (secondary N) is 1. The summed E-state index contributed by atoms with van der Waals surface area (Å²) in [6, 6.07) is 0. The molecule has 3 N–H and O–H groups in total. The second kappa shape index (κ2) is 6.34. The van der Waals surface area contributed by atoms with Gasteiger partial charge in [-0.15, -0.1) is 5.10 Å². The number of nitrogens with two attached hydrogens (primary N) is 1. The zero-order valence-electron chi connectivity index (χ0n) is 12.0. The van der Waals surface area contributed by atoms with Crippen molar-refractivity contribution in [1.29, 1.82) is 0 Å². The lowest BCUT2D eigenvalue weighted by molar-refractivity contribution is 0.194. The van der Waals surface area contributed by atoms with E-state index in [1.165, 1.54) is 6.42 Å². The van der Waals surface area contributed by atoms with Crippen LogP contribution in [0, 0.1) is 5.41 Å². The van der Waals surface area contributed by atoms with E-state index in [1.807, 2.05) is 0 Å². The molecule has 1 fully saturated rings. The number of rotatable bonds is 6. The van der Waals surface area contributed by atoms with Gasteiger partial charge in [-0.2, -0.15) is 4.98 Å². The van der Waals surface area contributed by atoms with E-state index in [1.54, 1.807) is 7.11 Å². The Morgan fingerprint density at radius 2 is 2.37 bits per heavy atom. The number of methoxy groups -OCH3 is 1. The average Bonchev–Trinajstić information content (AvgIpc) is 2.88. The van der Waals surface area contributed by atoms with Crippen LogP contribution < -0.4 is 10.6 Å². The molecule has 6 heteroatoms. The van der Waals surface area contributed by atoms with Gasteiger partial charge in [0.15, 0.2) is 0 Å². The maximum atomic E-state index is 5.87. The number of ether oxygens (including phenoxy) is 1. The van der Waals surface area contributed by atoms with E-state index in [4.69, 9.17) is 10.5 Å². The first kappa shape index (κ1) is 14.3. The van der Waals surface area contributed by atoms with Crippen molar-refractivity contribution in [2.24, 2.45) is 11.1 Å². The van der Waals surface area contributed by atoms with Crippen molar-refractivity contribution >= 4 is 5.95 Å². The fraction of sp³-hybridized carbons (Fsp3) is 0.846. The minimum Gasteiger partial charge on any atom is -0.385 e. The molecule has 1 atom stereocenters. The zero-order valence-corrected chi connectivity index (χ0v) is 12.0. The van der Waals surface area contributed by atoms with Gasteiger partial charge < -0.3 is 15.4 Å². The van der Waals surface area contributed by atoms with Gasteiger partial charge >= 0.3 is 0 Å². The number of H-pyrrole nitrogens is 1. The summed E-state index contributed by atoms with van der Waals surface area (Å²) in [5, 5.41) is 7.34. The Labute approximate surface area is 114 Å². The van der Waals surface area contributed by atoms with Crippen molar-refractivity contribution in [3.8, 4) is 0 Å². The summed E-state index contributed by atoms with van der Waals surface area (Å²) in [6.07, 6.45) is 4.18. The van der Waals surface area contributed by atoms with Crippen LogP contribution in [0.5, 0.6) is 0 Å². The molecule has 1 aliphatic rings. The molecule has 108 valence electrons. The molecule has 1 aromatic rings. The van der Waals surface area contributed by atoms with E-state index < -0.39 is 0 Å². The van der Waals surface area contributed by atoms with Crippen molar-refractivity contribution in [1.82, 2.24) is 15.2 Å². The van der Waals surface area contributed by atoms with Gasteiger partial charge in [-0.05, 0) is 31.2 Å². The van der Waals surface area contributed by atoms with Gasteiger partial charge in [0.1, 0.15) is 5.82 Å². The van der Waals surface area contributed by atoms with Gasteiger partial charge in [0.25, 0.3) is 0 Å². The monoisotopic (exact) mass is 267 g/mol. The van der Waals surface area contributed by atoms with Gasteiger partial charge in [0, 0.05) is 33.2 Å². The Balaban J connectivity index is 1.94. The summed E-state index contributed by atoms with van der Waals surface area (Å²) < 4.78 is 5.04. The van der Waals surface area contributed by atoms with Crippen LogP contribution in [0.4, 0.5) is 5.95 Å². The van der Waals surface area contributed by atoms with Crippen LogP contribution in [-0.2, 0) is 11.2 Å². The summed E-state index contributed by atoms with van der Waals surface area (Å²) in [7, 11) is 1.72. The highest BCUT2D eigenvalue weighted by molar-refractivity contribution is 5.30. The topological polar surface area (TPSA) is 80.1 Å². The lowest BCUT2D eigenvalue weighted by Crippen LogP contribution is -2.46. The molecule has 0 radical (unpaired) electrons. The SMILES string of the molecule is COCCCc1nc(N2CCCC(C)(CN)C2)n[nH]1. The van der Waals surface area contributed by atoms with Gasteiger partial charge in [0.2, 0.25) is 5.95 Å². The molecule has 0 aliphatic carbocycles. The third kappa shape index (κ3) is 3.67. The van der Waals surface area contributed by atoms with E-state index in [0.717, 1.165) is 50.7 Å². The van der Waals surface area contributed by atoms with Crippen LogP contribution >= 0.6 is 0 Å². The average molecular weight is 267 g/mol. The van der Waals surface area contributed by atoms with E-state index in [0.29, 0.717) is 6.54 Å². The highest BCUT2D eigenvalue weighted by Gasteiger charge is 2.31. The molecule has 1 aliphatic heterocycles. The van der Waals surface area contributed by atoms with Crippen molar-refractivity contribution in [2.75, 3.05) is 38.3 Å². The van der Waals surface area contributed by atoms with Crippen molar-refractivity contribution in [3.63, 3.8) is 0 Å². The quantitative estimate of drug-likeness (QED) is 0.750. The second-order valence-corrected chi connectivity index (χ2v) is 5.72. The second-order valence-electron chi connectivity index (χ2n) is 5.72. The summed E-state index contributed by atoms with van der Waals surface area (Å²) in [5.74, 6) is 1.75. The first-order valence-corrected chi connectivity index (χ1v) is 7.02. The van der Waals surface area contributed by atoms with Crippen LogP contribution in [0.3, 0.4) is 0 Å². The van der Waals surface area contributed by atoms with Gasteiger partial charge in [0.05, 0.1) is 0 Å².